The first-order chi connectivity index (χ1) is 29.7. The molecule has 0 N–H and O–H groups in total. The largest absolute Gasteiger partial charge is 0.228 e. The summed E-state index contributed by atoms with van der Waals surface area (Å²) in [6.07, 6.45) is 6.34. The second-order valence-corrected chi connectivity index (χ2v) is 16.7. The lowest BCUT2D eigenvalue weighted by Gasteiger charge is -2.36. The highest BCUT2D eigenvalue weighted by molar-refractivity contribution is 6.21. The van der Waals surface area contributed by atoms with Gasteiger partial charge in [-0.15, -0.1) is 0 Å². The van der Waals surface area contributed by atoms with Crippen molar-refractivity contribution in [1.29, 1.82) is 0 Å². The number of nitrogens with zero attached hydrogens (tertiary/aromatic N) is 2. The van der Waals surface area contributed by atoms with Crippen molar-refractivity contribution in [2.24, 2.45) is 0 Å². The molecule has 0 saturated heterocycles. The summed E-state index contributed by atoms with van der Waals surface area (Å²) >= 11 is 0. The van der Waals surface area contributed by atoms with Crippen molar-refractivity contribution < 1.29 is 0 Å². The van der Waals surface area contributed by atoms with Crippen molar-refractivity contribution in [2.45, 2.75) is 37.5 Å². The Hall–Kier alpha value is -7.16. The number of fused-ring (bicyclic) bond motifs is 8. The van der Waals surface area contributed by atoms with Gasteiger partial charge in [-0.05, 0) is 108 Å². The van der Waals surface area contributed by atoms with Crippen LogP contribution < -0.4 is 0 Å². The average Bonchev–Trinajstić information content (AvgIpc) is 3.57. The van der Waals surface area contributed by atoms with Crippen molar-refractivity contribution in [3.8, 4) is 67.3 Å². The Morgan fingerprint density at radius 1 is 0.333 bits per heavy atom. The van der Waals surface area contributed by atoms with Crippen LogP contribution in [-0.4, -0.2) is 9.97 Å². The summed E-state index contributed by atoms with van der Waals surface area (Å²) in [5, 5.41) is 7.43. The summed E-state index contributed by atoms with van der Waals surface area (Å²) in [6, 6.07) is 71.1. The molecule has 2 nitrogen and oxygen atoms in total. The van der Waals surface area contributed by atoms with Crippen LogP contribution in [0.2, 0.25) is 0 Å². The van der Waals surface area contributed by atoms with Crippen LogP contribution in [0.3, 0.4) is 0 Å². The fourth-order valence-corrected chi connectivity index (χ4v) is 10.7. The predicted octanol–water partition coefficient (Wildman–Crippen LogP) is 15.5. The van der Waals surface area contributed by atoms with Gasteiger partial charge in [0.25, 0.3) is 0 Å². The van der Waals surface area contributed by atoms with Crippen molar-refractivity contribution in [2.75, 3.05) is 0 Å². The van der Waals surface area contributed by atoms with Crippen molar-refractivity contribution in [3.63, 3.8) is 0 Å². The Balaban J connectivity index is 1.03. The SMILES string of the molecule is c1ccc(-c2cc(-c3c4ccccc4c(-c4ccc(-c5cccc6c5-c5cc7ccccc7cc5C65CCCCC5)cc4)c4ccccc34)nc(-c3ccccc3)n2)cc1. The van der Waals surface area contributed by atoms with E-state index in [2.05, 4.69) is 188 Å². The van der Waals surface area contributed by atoms with Crippen molar-refractivity contribution in [1.82, 2.24) is 9.97 Å². The number of aromatic nitrogens is 2. The van der Waals surface area contributed by atoms with E-state index in [-0.39, 0.29) is 5.41 Å². The van der Waals surface area contributed by atoms with E-state index in [0.29, 0.717) is 0 Å². The van der Waals surface area contributed by atoms with Crippen molar-refractivity contribution >= 4 is 32.3 Å². The highest BCUT2D eigenvalue weighted by atomic mass is 14.9. The van der Waals surface area contributed by atoms with E-state index < -0.39 is 0 Å². The molecule has 9 aromatic carbocycles. The highest BCUT2D eigenvalue weighted by Gasteiger charge is 2.44. The fourth-order valence-electron chi connectivity index (χ4n) is 10.7. The Kier molecular flexibility index (Phi) is 8.13. The Labute approximate surface area is 350 Å². The van der Waals surface area contributed by atoms with Gasteiger partial charge in [0.05, 0.1) is 11.4 Å². The molecule has 1 aromatic heterocycles. The van der Waals surface area contributed by atoms with Gasteiger partial charge in [-0.25, -0.2) is 9.97 Å². The molecule has 12 rings (SSSR count). The molecule has 2 aliphatic rings. The van der Waals surface area contributed by atoms with Crippen LogP contribution in [0.1, 0.15) is 43.2 Å². The van der Waals surface area contributed by atoms with Crippen molar-refractivity contribution in [3.05, 3.63) is 205 Å². The summed E-state index contributed by atoms with van der Waals surface area (Å²) in [4.78, 5) is 10.4. The van der Waals surface area contributed by atoms with Gasteiger partial charge in [0.1, 0.15) is 0 Å². The second kappa shape index (κ2) is 14.0. The van der Waals surface area contributed by atoms with Gasteiger partial charge in [-0.2, -0.15) is 0 Å². The number of benzene rings is 9. The van der Waals surface area contributed by atoms with Gasteiger partial charge >= 0.3 is 0 Å². The summed E-state index contributed by atoms with van der Waals surface area (Å²) in [5.74, 6) is 0.720. The van der Waals surface area contributed by atoms with E-state index in [4.69, 9.17) is 9.97 Å². The molecule has 0 aliphatic heterocycles. The smallest absolute Gasteiger partial charge is 0.160 e. The molecule has 0 amide bonds. The lowest BCUT2D eigenvalue weighted by molar-refractivity contribution is 0.353. The van der Waals surface area contributed by atoms with Crippen LogP contribution in [-0.2, 0) is 5.41 Å². The summed E-state index contributed by atoms with van der Waals surface area (Å²) in [7, 11) is 0. The maximum Gasteiger partial charge on any atom is 0.160 e. The minimum Gasteiger partial charge on any atom is -0.228 e. The molecular formula is C58H42N2. The maximum absolute atomic E-state index is 5.33. The molecule has 0 atom stereocenters. The van der Waals surface area contributed by atoms with E-state index in [1.54, 1.807) is 0 Å². The van der Waals surface area contributed by atoms with Gasteiger partial charge in [-0.1, -0.05) is 195 Å². The number of hydrogen-bond acceptors (Lipinski definition) is 2. The maximum atomic E-state index is 5.33. The van der Waals surface area contributed by atoms with Gasteiger partial charge < -0.3 is 0 Å². The number of rotatable bonds is 5. The van der Waals surface area contributed by atoms with Gasteiger partial charge in [-0.3, -0.25) is 0 Å². The van der Waals surface area contributed by atoms with E-state index >= 15 is 0 Å². The van der Waals surface area contributed by atoms with Crippen LogP contribution in [0, 0.1) is 0 Å². The monoisotopic (exact) mass is 766 g/mol. The molecule has 1 heterocycles. The number of hydrogen-bond donors (Lipinski definition) is 0. The lowest BCUT2D eigenvalue weighted by Crippen LogP contribution is -2.28. The van der Waals surface area contributed by atoms with Gasteiger partial charge in [0.2, 0.25) is 0 Å². The van der Waals surface area contributed by atoms with E-state index in [0.717, 1.165) is 33.9 Å². The summed E-state index contributed by atoms with van der Waals surface area (Å²) < 4.78 is 0. The standard InChI is InChI=1S/C58H42N2/c1-4-17-39(18-5-1)52-37-53(60-57(59-52)41-19-6-2-7-20-41)56-47-25-12-10-23-45(47)54(46-24-11-13-26-48(46)56)40-31-29-38(30-32-40)44-27-16-28-50-55(44)49-35-42-21-8-9-22-43(42)36-51(49)58(50)33-14-3-15-34-58/h1-2,4-13,16-32,35-37H,3,14-15,33-34H2. The quantitative estimate of drug-likeness (QED) is 0.163. The molecule has 0 unspecified atom stereocenters. The van der Waals surface area contributed by atoms with Crippen LogP contribution in [0.5, 0.6) is 0 Å². The van der Waals surface area contributed by atoms with E-state index in [1.807, 2.05) is 6.07 Å². The molecule has 60 heavy (non-hydrogen) atoms. The second-order valence-electron chi connectivity index (χ2n) is 16.7. The summed E-state index contributed by atoms with van der Waals surface area (Å²) in [6.45, 7) is 0. The minimum atomic E-state index is 0.0931. The van der Waals surface area contributed by atoms with Gasteiger partial charge in [0.15, 0.2) is 5.82 Å². The van der Waals surface area contributed by atoms with E-state index in [9.17, 15) is 0 Å². The zero-order valence-electron chi connectivity index (χ0n) is 33.4. The first kappa shape index (κ1) is 34.8. The van der Waals surface area contributed by atoms with Crippen LogP contribution in [0.15, 0.2) is 194 Å². The van der Waals surface area contributed by atoms with Gasteiger partial charge in [0, 0.05) is 22.1 Å². The topological polar surface area (TPSA) is 25.8 Å². The average molecular weight is 767 g/mol. The first-order valence-corrected chi connectivity index (χ1v) is 21.5. The summed E-state index contributed by atoms with van der Waals surface area (Å²) in [5.41, 5.74) is 16.1. The molecule has 1 saturated carbocycles. The van der Waals surface area contributed by atoms with Crippen LogP contribution in [0.4, 0.5) is 0 Å². The zero-order valence-corrected chi connectivity index (χ0v) is 33.4. The van der Waals surface area contributed by atoms with Crippen LogP contribution >= 0.6 is 0 Å². The molecular weight excluding hydrogens is 725 g/mol. The Morgan fingerprint density at radius 2 is 0.883 bits per heavy atom. The zero-order chi connectivity index (χ0) is 39.6. The molecule has 1 fully saturated rings. The Bertz CT molecular complexity index is 3150. The third kappa shape index (κ3) is 5.48. The Morgan fingerprint density at radius 3 is 1.55 bits per heavy atom. The molecule has 10 aromatic rings. The normalized spacial score (nSPS) is 14.1. The first-order valence-electron chi connectivity index (χ1n) is 21.5. The fraction of sp³-hybridized carbons (Fsp3) is 0.103. The third-order valence-corrected chi connectivity index (χ3v) is 13.5. The minimum absolute atomic E-state index is 0.0931. The third-order valence-electron chi connectivity index (χ3n) is 13.5. The highest BCUT2D eigenvalue weighted by Crippen LogP contribution is 2.58. The predicted molar refractivity (Wildman–Crippen MR) is 251 cm³/mol. The lowest BCUT2D eigenvalue weighted by atomic mass is 9.67. The molecule has 1 spiro atoms. The molecule has 0 bridgehead atoms. The molecule has 2 heteroatoms. The van der Waals surface area contributed by atoms with Crippen LogP contribution in [0.25, 0.3) is 99.6 Å². The molecule has 284 valence electrons. The van der Waals surface area contributed by atoms with E-state index in [1.165, 1.54) is 109 Å². The molecule has 0 radical (unpaired) electrons. The molecule has 2 aliphatic carbocycles.